The van der Waals surface area contributed by atoms with Crippen LogP contribution in [0.3, 0.4) is 0 Å². The largest absolute Gasteiger partial charge is 0.338 e. The summed E-state index contributed by atoms with van der Waals surface area (Å²) in [5.41, 5.74) is 2.67. The predicted octanol–water partition coefficient (Wildman–Crippen LogP) is 3.80. The number of benzene rings is 1. The second-order valence-corrected chi connectivity index (χ2v) is 6.08. The molecule has 1 aromatic rings. The minimum atomic E-state index is -0.0320. The third kappa shape index (κ3) is 4.26. The number of fused-ring (bicyclic) bond motifs is 1. The Morgan fingerprint density at radius 1 is 1.35 bits per heavy atom. The first-order valence-corrected chi connectivity index (χ1v) is 7.79. The van der Waals surface area contributed by atoms with Gasteiger partial charge < -0.3 is 10.6 Å². The third-order valence-corrected chi connectivity index (χ3v) is 3.92. The van der Waals surface area contributed by atoms with Crippen molar-refractivity contribution in [1.82, 2.24) is 10.6 Å². The first kappa shape index (κ1) is 14.9. The lowest BCUT2D eigenvalue weighted by Crippen LogP contribution is -2.39. The Labute approximate surface area is 122 Å². The van der Waals surface area contributed by atoms with Gasteiger partial charge in [0.15, 0.2) is 0 Å². The van der Waals surface area contributed by atoms with Crippen LogP contribution in [0.1, 0.15) is 56.7 Å². The molecule has 0 spiro atoms. The number of urea groups is 1. The Morgan fingerprint density at radius 3 is 2.95 bits per heavy atom. The highest BCUT2D eigenvalue weighted by atomic mass is 16.2. The smallest absolute Gasteiger partial charge is 0.315 e. The van der Waals surface area contributed by atoms with Crippen LogP contribution in [-0.2, 0) is 6.42 Å². The molecule has 2 rings (SSSR count). The molecule has 0 fully saturated rings. The van der Waals surface area contributed by atoms with Gasteiger partial charge in [0, 0.05) is 6.54 Å². The van der Waals surface area contributed by atoms with Crippen molar-refractivity contribution in [3.63, 3.8) is 0 Å². The summed E-state index contributed by atoms with van der Waals surface area (Å²) in [4.78, 5) is 11.9. The van der Waals surface area contributed by atoms with Crippen molar-refractivity contribution in [2.24, 2.45) is 5.92 Å². The maximum atomic E-state index is 11.9. The van der Waals surface area contributed by atoms with Crippen LogP contribution in [0, 0.1) is 5.92 Å². The molecule has 110 valence electrons. The summed E-state index contributed by atoms with van der Waals surface area (Å²) in [6.07, 6.45) is 5.52. The fourth-order valence-electron chi connectivity index (χ4n) is 2.83. The molecule has 0 aromatic heterocycles. The average Bonchev–Trinajstić information content (AvgIpc) is 2.44. The van der Waals surface area contributed by atoms with Crippen molar-refractivity contribution in [3.8, 4) is 0 Å². The van der Waals surface area contributed by atoms with Gasteiger partial charge in [0.1, 0.15) is 0 Å². The molecule has 20 heavy (non-hydrogen) atoms. The topological polar surface area (TPSA) is 41.1 Å². The Morgan fingerprint density at radius 2 is 2.15 bits per heavy atom. The summed E-state index contributed by atoms with van der Waals surface area (Å²) in [6, 6.07) is 8.58. The van der Waals surface area contributed by atoms with E-state index in [1.807, 2.05) is 0 Å². The lowest BCUT2D eigenvalue weighted by atomic mass is 9.88. The molecule has 3 heteroatoms. The molecule has 2 amide bonds. The van der Waals surface area contributed by atoms with Crippen molar-refractivity contribution < 1.29 is 4.79 Å². The van der Waals surface area contributed by atoms with Gasteiger partial charge in [-0.2, -0.15) is 0 Å². The van der Waals surface area contributed by atoms with Gasteiger partial charge in [0.2, 0.25) is 0 Å². The number of aryl methyl sites for hydroxylation is 1. The molecule has 0 radical (unpaired) electrons. The van der Waals surface area contributed by atoms with E-state index in [2.05, 4.69) is 48.7 Å². The van der Waals surface area contributed by atoms with Crippen LogP contribution in [0.15, 0.2) is 24.3 Å². The van der Waals surface area contributed by atoms with Gasteiger partial charge in [-0.1, -0.05) is 38.1 Å². The molecule has 0 aliphatic heterocycles. The molecule has 1 aliphatic carbocycles. The molecule has 1 aliphatic rings. The van der Waals surface area contributed by atoms with Crippen molar-refractivity contribution >= 4 is 6.03 Å². The van der Waals surface area contributed by atoms with E-state index in [-0.39, 0.29) is 12.1 Å². The summed E-state index contributed by atoms with van der Waals surface area (Å²) in [6.45, 7) is 5.18. The Balaban J connectivity index is 1.80. The van der Waals surface area contributed by atoms with E-state index in [9.17, 15) is 4.79 Å². The molecule has 2 N–H and O–H groups in total. The van der Waals surface area contributed by atoms with Gasteiger partial charge >= 0.3 is 6.03 Å². The predicted molar refractivity (Wildman–Crippen MR) is 82.7 cm³/mol. The number of carbonyl (C=O) groups excluding carboxylic acids is 1. The van der Waals surface area contributed by atoms with E-state index in [1.54, 1.807) is 0 Å². The minimum Gasteiger partial charge on any atom is -0.338 e. The van der Waals surface area contributed by atoms with Crippen LogP contribution in [0.25, 0.3) is 0 Å². The van der Waals surface area contributed by atoms with Gasteiger partial charge in [-0.15, -0.1) is 0 Å². The molecule has 3 nitrogen and oxygen atoms in total. The van der Waals surface area contributed by atoms with Gasteiger partial charge in [0.25, 0.3) is 0 Å². The van der Waals surface area contributed by atoms with Crippen LogP contribution in [0.5, 0.6) is 0 Å². The van der Waals surface area contributed by atoms with Gasteiger partial charge in [-0.3, -0.25) is 0 Å². The molecular formula is C17H26N2O. The second kappa shape index (κ2) is 7.32. The summed E-state index contributed by atoms with van der Waals surface area (Å²) >= 11 is 0. The monoisotopic (exact) mass is 274 g/mol. The van der Waals surface area contributed by atoms with Gasteiger partial charge in [-0.05, 0) is 49.1 Å². The standard InChI is InChI=1S/C17H26N2O/c1-13(2)7-6-12-18-17(20)19-16-11-5-9-14-8-3-4-10-15(14)16/h3-4,8,10,13,16H,5-7,9,11-12H2,1-2H3,(H2,18,19,20)/t16-/m1/s1. The zero-order valence-corrected chi connectivity index (χ0v) is 12.6. The summed E-state index contributed by atoms with van der Waals surface area (Å²) in [5.74, 6) is 0.699. The maximum absolute atomic E-state index is 11.9. The molecule has 0 unspecified atom stereocenters. The van der Waals surface area contributed by atoms with Gasteiger partial charge in [-0.25, -0.2) is 4.79 Å². The van der Waals surface area contributed by atoms with Crippen molar-refractivity contribution in [2.75, 3.05) is 6.54 Å². The SMILES string of the molecule is CC(C)CCCNC(=O)N[C@@H]1CCCc2ccccc21. The number of hydrogen-bond donors (Lipinski definition) is 2. The fourth-order valence-corrected chi connectivity index (χ4v) is 2.83. The van der Waals surface area contributed by atoms with E-state index in [0.717, 1.165) is 38.6 Å². The second-order valence-electron chi connectivity index (χ2n) is 6.08. The van der Waals surface area contributed by atoms with E-state index in [0.29, 0.717) is 5.92 Å². The number of nitrogens with one attached hydrogen (secondary N) is 2. The van der Waals surface area contributed by atoms with E-state index in [1.165, 1.54) is 11.1 Å². The fraction of sp³-hybridized carbons (Fsp3) is 0.588. The molecular weight excluding hydrogens is 248 g/mol. The molecule has 0 saturated heterocycles. The molecule has 1 aromatic carbocycles. The van der Waals surface area contributed by atoms with Gasteiger partial charge in [0.05, 0.1) is 6.04 Å². The lowest BCUT2D eigenvalue weighted by molar-refractivity contribution is 0.235. The average molecular weight is 274 g/mol. The quantitative estimate of drug-likeness (QED) is 0.788. The first-order chi connectivity index (χ1) is 9.66. The van der Waals surface area contributed by atoms with Crippen LogP contribution < -0.4 is 10.6 Å². The lowest BCUT2D eigenvalue weighted by Gasteiger charge is -2.26. The van der Waals surface area contributed by atoms with E-state index in [4.69, 9.17) is 0 Å². The number of hydrogen-bond acceptors (Lipinski definition) is 1. The first-order valence-electron chi connectivity index (χ1n) is 7.79. The Bertz CT molecular complexity index is 442. The number of carbonyl (C=O) groups is 1. The maximum Gasteiger partial charge on any atom is 0.315 e. The van der Waals surface area contributed by atoms with Crippen LogP contribution in [0.4, 0.5) is 4.79 Å². The highest BCUT2D eigenvalue weighted by Gasteiger charge is 2.20. The van der Waals surface area contributed by atoms with Crippen LogP contribution >= 0.6 is 0 Å². The van der Waals surface area contributed by atoms with E-state index >= 15 is 0 Å². The highest BCUT2D eigenvalue weighted by Crippen LogP contribution is 2.29. The summed E-state index contributed by atoms with van der Waals surface area (Å²) in [5, 5.41) is 6.08. The van der Waals surface area contributed by atoms with Crippen LogP contribution in [-0.4, -0.2) is 12.6 Å². The minimum absolute atomic E-state index is 0.0320. The molecule has 1 atom stereocenters. The van der Waals surface area contributed by atoms with E-state index < -0.39 is 0 Å². The number of rotatable bonds is 5. The molecule has 0 heterocycles. The van der Waals surface area contributed by atoms with Crippen molar-refractivity contribution in [3.05, 3.63) is 35.4 Å². The Kier molecular flexibility index (Phi) is 5.45. The third-order valence-electron chi connectivity index (χ3n) is 3.92. The zero-order valence-electron chi connectivity index (χ0n) is 12.6. The molecule has 0 bridgehead atoms. The zero-order chi connectivity index (χ0) is 14.4. The van der Waals surface area contributed by atoms with Crippen molar-refractivity contribution in [2.45, 2.75) is 52.0 Å². The van der Waals surface area contributed by atoms with Crippen molar-refractivity contribution in [1.29, 1.82) is 0 Å². The summed E-state index contributed by atoms with van der Waals surface area (Å²) < 4.78 is 0. The Hall–Kier alpha value is -1.51. The van der Waals surface area contributed by atoms with Crippen LogP contribution in [0.2, 0.25) is 0 Å². The normalized spacial score (nSPS) is 17.6. The summed E-state index contributed by atoms with van der Waals surface area (Å²) in [7, 11) is 0. The number of amides is 2. The molecule has 0 saturated carbocycles. The highest BCUT2D eigenvalue weighted by molar-refractivity contribution is 5.74.